The fourth-order valence-corrected chi connectivity index (χ4v) is 2.79. The Hall–Kier alpha value is -3.11. The zero-order valence-corrected chi connectivity index (χ0v) is 14.5. The van der Waals surface area contributed by atoms with Gasteiger partial charge in [-0.25, -0.2) is 4.98 Å². The van der Waals surface area contributed by atoms with Crippen LogP contribution in [0.3, 0.4) is 0 Å². The smallest absolute Gasteiger partial charge is 0.254 e. The Morgan fingerprint density at radius 2 is 2.19 bits per heavy atom. The molecule has 1 fully saturated rings. The molecule has 1 amide bonds. The lowest BCUT2D eigenvalue weighted by Crippen LogP contribution is -2.51. The molecule has 0 radical (unpaired) electrons. The normalized spacial score (nSPS) is 18.9. The second-order valence-corrected chi connectivity index (χ2v) is 6.50. The lowest BCUT2D eigenvalue weighted by Gasteiger charge is -2.29. The van der Waals surface area contributed by atoms with Crippen LogP contribution in [0.1, 0.15) is 10.4 Å². The molecule has 1 aromatic carbocycles. The molecular formula is C17H21N7O3. The molecule has 10 heteroatoms. The minimum Gasteiger partial charge on any atom is -0.489 e. The van der Waals surface area contributed by atoms with E-state index >= 15 is 0 Å². The molecule has 7 N–H and O–H groups in total. The molecule has 2 aliphatic rings. The van der Waals surface area contributed by atoms with Gasteiger partial charge >= 0.3 is 0 Å². The number of fused-ring (bicyclic) bond motifs is 1. The minimum atomic E-state index is -0.582. The zero-order valence-electron chi connectivity index (χ0n) is 14.5. The van der Waals surface area contributed by atoms with Gasteiger partial charge in [-0.15, -0.1) is 0 Å². The number of aliphatic hydroxyl groups is 1. The lowest BCUT2D eigenvalue weighted by atomic mass is 10.1. The van der Waals surface area contributed by atoms with Crippen LogP contribution in [-0.4, -0.2) is 59.4 Å². The van der Waals surface area contributed by atoms with E-state index in [1.807, 2.05) is 12.1 Å². The number of carbonyl (C=O) groups excluding carboxylic acids is 1. The van der Waals surface area contributed by atoms with Gasteiger partial charge in [0, 0.05) is 31.5 Å². The van der Waals surface area contributed by atoms with Crippen molar-refractivity contribution in [3.8, 4) is 5.75 Å². The number of carbonyl (C=O) groups is 1. The van der Waals surface area contributed by atoms with Gasteiger partial charge < -0.3 is 36.8 Å². The van der Waals surface area contributed by atoms with Crippen molar-refractivity contribution in [3.63, 3.8) is 0 Å². The molecule has 2 aliphatic heterocycles. The number of nitrogens with zero attached hydrogens (tertiary/aromatic N) is 2. The molecule has 1 atom stereocenters. The summed E-state index contributed by atoms with van der Waals surface area (Å²) in [6.45, 7) is 2.25. The molecule has 0 saturated carbocycles. The van der Waals surface area contributed by atoms with Gasteiger partial charge in [-0.2, -0.15) is 4.98 Å². The number of amides is 1. The van der Waals surface area contributed by atoms with Gasteiger partial charge in [0.1, 0.15) is 24.3 Å². The maximum absolute atomic E-state index is 11.6. The second-order valence-electron chi connectivity index (χ2n) is 6.50. The van der Waals surface area contributed by atoms with Crippen LogP contribution in [0.4, 0.5) is 23.1 Å². The monoisotopic (exact) mass is 371 g/mol. The maximum Gasteiger partial charge on any atom is 0.254 e. The van der Waals surface area contributed by atoms with Crippen LogP contribution in [-0.2, 0) is 0 Å². The number of hydrogen-bond acceptors (Lipinski definition) is 9. The molecule has 0 aliphatic carbocycles. The van der Waals surface area contributed by atoms with Crippen LogP contribution in [0.2, 0.25) is 0 Å². The van der Waals surface area contributed by atoms with E-state index in [2.05, 4.69) is 31.2 Å². The van der Waals surface area contributed by atoms with E-state index in [0.29, 0.717) is 24.1 Å². The SMILES string of the molecule is NC(=O)c1cnc(Nc2ccc3c(c2)NC[C@H](O)CO3)nc1NC1CNC1. The Morgan fingerprint density at radius 1 is 1.33 bits per heavy atom. The predicted molar refractivity (Wildman–Crippen MR) is 101 cm³/mol. The van der Waals surface area contributed by atoms with Crippen molar-refractivity contribution in [3.05, 3.63) is 30.0 Å². The van der Waals surface area contributed by atoms with Crippen LogP contribution in [0.25, 0.3) is 0 Å². The van der Waals surface area contributed by atoms with Crippen molar-refractivity contribution in [2.45, 2.75) is 12.1 Å². The van der Waals surface area contributed by atoms with E-state index in [1.165, 1.54) is 6.20 Å². The molecule has 0 unspecified atom stereocenters. The van der Waals surface area contributed by atoms with Gasteiger partial charge in [0.15, 0.2) is 0 Å². The third-order valence-electron chi connectivity index (χ3n) is 4.37. The highest BCUT2D eigenvalue weighted by Gasteiger charge is 2.21. The first kappa shape index (κ1) is 17.3. The quantitative estimate of drug-likeness (QED) is 0.423. The minimum absolute atomic E-state index is 0.200. The van der Waals surface area contributed by atoms with Gasteiger partial charge in [-0.3, -0.25) is 4.79 Å². The van der Waals surface area contributed by atoms with E-state index < -0.39 is 12.0 Å². The van der Waals surface area contributed by atoms with Gasteiger partial charge in [0.2, 0.25) is 5.95 Å². The second kappa shape index (κ2) is 7.25. The summed E-state index contributed by atoms with van der Waals surface area (Å²) < 4.78 is 5.55. The Bertz CT molecular complexity index is 856. The first-order valence-corrected chi connectivity index (χ1v) is 8.68. The number of ether oxygens (including phenoxy) is 1. The molecule has 3 heterocycles. The van der Waals surface area contributed by atoms with E-state index in [9.17, 15) is 9.90 Å². The summed E-state index contributed by atoms with van der Waals surface area (Å²) in [7, 11) is 0. The van der Waals surface area contributed by atoms with Crippen molar-refractivity contribution >= 4 is 29.0 Å². The first-order chi connectivity index (χ1) is 13.1. The van der Waals surface area contributed by atoms with Crippen molar-refractivity contribution in [1.29, 1.82) is 0 Å². The molecule has 0 bridgehead atoms. The Labute approximate surface area is 155 Å². The Kier molecular flexibility index (Phi) is 4.65. The number of nitrogens with two attached hydrogens (primary N) is 1. The van der Waals surface area contributed by atoms with E-state index in [-0.39, 0.29) is 18.2 Å². The highest BCUT2D eigenvalue weighted by Crippen LogP contribution is 2.31. The van der Waals surface area contributed by atoms with Gasteiger partial charge in [-0.05, 0) is 18.2 Å². The van der Waals surface area contributed by atoms with Gasteiger partial charge in [0.25, 0.3) is 5.91 Å². The average molecular weight is 371 g/mol. The van der Waals surface area contributed by atoms with Gasteiger partial charge in [0.05, 0.1) is 17.3 Å². The molecule has 1 saturated heterocycles. The summed E-state index contributed by atoms with van der Waals surface area (Å²) in [6, 6.07) is 5.68. The summed E-state index contributed by atoms with van der Waals surface area (Å²) in [4.78, 5) is 20.2. The number of nitrogens with one attached hydrogen (secondary N) is 4. The maximum atomic E-state index is 11.6. The van der Waals surface area contributed by atoms with Crippen molar-refractivity contribution in [2.75, 3.05) is 42.2 Å². The van der Waals surface area contributed by atoms with Crippen molar-refractivity contribution in [1.82, 2.24) is 15.3 Å². The number of β-amino-alcohol motifs (C(OH)–C–C–N with tert-alkyl or cyclic N) is 1. The van der Waals surface area contributed by atoms with Crippen LogP contribution >= 0.6 is 0 Å². The summed E-state index contributed by atoms with van der Waals surface area (Å²) in [6.07, 6.45) is 0.848. The van der Waals surface area contributed by atoms with Crippen LogP contribution < -0.4 is 31.7 Å². The number of anilines is 4. The molecule has 4 rings (SSSR count). The number of benzene rings is 1. The van der Waals surface area contributed by atoms with Crippen LogP contribution in [0, 0.1) is 0 Å². The largest absolute Gasteiger partial charge is 0.489 e. The summed E-state index contributed by atoms with van der Waals surface area (Å²) in [5.41, 5.74) is 7.17. The van der Waals surface area contributed by atoms with E-state index in [4.69, 9.17) is 10.5 Å². The Morgan fingerprint density at radius 3 is 2.93 bits per heavy atom. The number of aromatic nitrogens is 2. The van der Waals surface area contributed by atoms with E-state index in [1.54, 1.807) is 6.07 Å². The third kappa shape index (κ3) is 3.86. The number of primary amides is 1. The van der Waals surface area contributed by atoms with Crippen molar-refractivity contribution < 1.29 is 14.6 Å². The fraction of sp³-hybridized carbons (Fsp3) is 0.353. The lowest BCUT2D eigenvalue weighted by molar-refractivity contribution is 0.100. The fourth-order valence-electron chi connectivity index (χ4n) is 2.79. The standard InChI is InChI=1S/C17H21N7O3/c18-15(26)12-7-21-17(24-16(12)22-10-4-19-5-10)23-9-1-2-14-13(3-9)20-6-11(25)8-27-14/h1-3,7,10-11,19-20,25H,4-6,8H2,(H2,18,26)(H2,21,22,23,24)/t11-/m0/s1. The molecular weight excluding hydrogens is 350 g/mol. The molecule has 0 spiro atoms. The highest BCUT2D eigenvalue weighted by atomic mass is 16.5. The molecule has 27 heavy (non-hydrogen) atoms. The number of rotatable bonds is 5. The van der Waals surface area contributed by atoms with Crippen LogP contribution in [0.15, 0.2) is 24.4 Å². The summed E-state index contributed by atoms with van der Waals surface area (Å²) in [5, 5.41) is 22.3. The van der Waals surface area contributed by atoms with Crippen LogP contribution in [0.5, 0.6) is 5.75 Å². The summed E-state index contributed by atoms with van der Waals surface area (Å²) >= 11 is 0. The molecule has 10 nitrogen and oxygen atoms in total. The zero-order chi connectivity index (χ0) is 18.8. The molecule has 142 valence electrons. The average Bonchev–Trinajstić information content (AvgIpc) is 2.80. The van der Waals surface area contributed by atoms with Gasteiger partial charge in [-0.1, -0.05) is 0 Å². The van der Waals surface area contributed by atoms with E-state index in [0.717, 1.165) is 24.5 Å². The first-order valence-electron chi connectivity index (χ1n) is 8.68. The highest BCUT2D eigenvalue weighted by molar-refractivity contribution is 5.97. The third-order valence-corrected chi connectivity index (χ3v) is 4.37. The summed E-state index contributed by atoms with van der Waals surface area (Å²) in [5.74, 6) is 0.832. The number of aliphatic hydroxyl groups excluding tert-OH is 1. The topological polar surface area (TPSA) is 146 Å². The molecule has 2 aromatic rings. The molecule has 1 aromatic heterocycles. The number of hydrogen-bond donors (Lipinski definition) is 6. The van der Waals surface area contributed by atoms with Crippen molar-refractivity contribution in [2.24, 2.45) is 5.73 Å². The Balaban J connectivity index is 1.55. The predicted octanol–water partition coefficient (Wildman–Crippen LogP) is -0.132.